The lowest BCUT2D eigenvalue weighted by atomic mass is 9.62. The van der Waals surface area contributed by atoms with Crippen LogP contribution in [0.4, 0.5) is 0 Å². The number of rotatable bonds is 2. The number of carboxylic acids is 1. The molecule has 25 heavy (non-hydrogen) atoms. The largest absolute Gasteiger partial charge is 0.481 e. The maximum atomic E-state index is 12.3. The molecule has 0 saturated heterocycles. The van der Waals surface area contributed by atoms with E-state index in [2.05, 4.69) is 6.58 Å². The van der Waals surface area contributed by atoms with Gasteiger partial charge in [-0.05, 0) is 49.2 Å². The molecular weight excluding hydrogens is 324 g/mol. The lowest BCUT2D eigenvalue weighted by molar-refractivity contribution is -0.166. The van der Waals surface area contributed by atoms with Crippen LogP contribution in [0.5, 0.6) is 0 Å². The van der Waals surface area contributed by atoms with Gasteiger partial charge in [0.25, 0.3) is 0 Å². The maximum absolute atomic E-state index is 12.3. The second kappa shape index (κ2) is 4.95. The fraction of sp³-hybridized carbons (Fsp3) is 0.684. The summed E-state index contributed by atoms with van der Waals surface area (Å²) in [5.74, 6) is -2.90. The Balaban J connectivity index is 1.92. The number of carbonyl (C=O) groups is 2. The molecule has 0 radical (unpaired) electrons. The molecule has 7 atom stereocenters. The average Bonchev–Trinajstić information content (AvgIpc) is 2.82. The number of carbonyl (C=O) groups excluding carboxylic acids is 1. The Kier molecular flexibility index (Phi) is 3.32. The van der Waals surface area contributed by atoms with Crippen LogP contribution in [0.1, 0.15) is 39.0 Å². The summed E-state index contributed by atoms with van der Waals surface area (Å²) in [7, 11) is 0. The fourth-order valence-corrected chi connectivity index (χ4v) is 6.52. The maximum Gasteiger partial charge on any atom is 0.307 e. The number of aliphatic carboxylic acids is 1. The van der Waals surface area contributed by atoms with Gasteiger partial charge in [0.1, 0.15) is 5.60 Å². The predicted octanol–water partition coefficient (Wildman–Crippen LogP) is 1.42. The van der Waals surface area contributed by atoms with Crippen LogP contribution in [0.3, 0.4) is 0 Å². The minimum absolute atomic E-state index is 0.196. The van der Waals surface area contributed by atoms with Gasteiger partial charge in [0.15, 0.2) is 0 Å². The highest BCUT2D eigenvalue weighted by molar-refractivity contribution is 5.75. The Bertz CT molecular complexity index is 698. The molecule has 7 unspecified atom stereocenters. The van der Waals surface area contributed by atoms with E-state index in [4.69, 9.17) is 4.74 Å². The van der Waals surface area contributed by atoms with E-state index in [0.717, 1.165) is 0 Å². The van der Waals surface area contributed by atoms with Gasteiger partial charge >= 0.3 is 11.9 Å². The van der Waals surface area contributed by atoms with Crippen molar-refractivity contribution >= 4 is 11.9 Å². The number of aliphatic hydroxyl groups is 2. The molecule has 0 aromatic rings. The van der Waals surface area contributed by atoms with Gasteiger partial charge in [0, 0.05) is 18.8 Å². The van der Waals surface area contributed by atoms with E-state index in [1.54, 1.807) is 12.2 Å². The van der Waals surface area contributed by atoms with Crippen LogP contribution in [-0.2, 0) is 14.3 Å². The predicted molar refractivity (Wildman–Crippen MR) is 87.4 cm³/mol. The first-order valence-electron chi connectivity index (χ1n) is 8.85. The molecule has 4 aliphatic carbocycles. The molecule has 6 nitrogen and oxygen atoms in total. The minimum Gasteiger partial charge on any atom is -0.481 e. The van der Waals surface area contributed by atoms with E-state index in [0.29, 0.717) is 31.3 Å². The molecule has 3 fully saturated rings. The fourth-order valence-electron chi connectivity index (χ4n) is 6.52. The van der Waals surface area contributed by atoms with Gasteiger partial charge in [-0.3, -0.25) is 9.59 Å². The summed E-state index contributed by atoms with van der Waals surface area (Å²) < 4.78 is 5.80. The van der Waals surface area contributed by atoms with Crippen LogP contribution < -0.4 is 0 Å². The van der Waals surface area contributed by atoms with Crippen LogP contribution in [0.2, 0.25) is 0 Å². The Morgan fingerprint density at radius 1 is 1.40 bits per heavy atom. The molecule has 2 bridgehead atoms. The van der Waals surface area contributed by atoms with Gasteiger partial charge in [0.2, 0.25) is 0 Å². The number of fused-ring (bicyclic) bond motifs is 3. The van der Waals surface area contributed by atoms with Crippen LogP contribution >= 0.6 is 0 Å². The molecular formula is C19H24O6. The highest BCUT2D eigenvalue weighted by atomic mass is 16.6. The van der Waals surface area contributed by atoms with Crippen molar-refractivity contribution in [2.75, 3.05) is 0 Å². The van der Waals surface area contributed by atoms with Gasteiger partial charge in [-0.25, -0.2) is 0 Å². The summed E-state index contributed by atoms with van der Waals surface area (Å²) in [6.07, 6.45) is 4.65. The molecule has 0 amide bonds. The van der Waals surface area contributed by atoms with Gasteiger partial charge < -0.3 is 20.1 Å². The smallest absolute Gasteiger partial charge is 0.307 e. The summed E-state index contributed by atoms with van der Waals surface area (Å²) in [4.78, 5) is 24.2. The third-order valence-electron chi connectivity index (χ3n) is 7.17. The number of carboxylic acid groups (broad SMARTS) is 1. The van der Waals surface area contributed by atoms with Crippen molar-refractivity contribution in [3.63, 3.8) is 0 Å². The first-order chi connectivity index (χ1) is 11.6. The summed E-state index contributed by atoms with van der Waals surface area (Å²) in [5, 5.41) is 31.1. The van der Waals surface area contributed by atoms with E-state index >= 15 is 0 Å². The Morgan fingerprint density at radius 2 is 2.12 bits per heavy atom. The molecule has 136 valence electrons. The lowest BCUT2D eigenvalue weighted by Gasteiger charge is -2.45. The van der Waals surface area contributed by atoms with Crippen LogP contribution in [0.15, 0.2) is 24.3 Å². The molecule has 4 aliphatic rings. The zero-order valence-corrected chi connectivity index (χ0v) is 14.3. The molecule has 0 aromatic carbocycles. The molecule has 0 aromatic heterocycles. The monoisotopic (exact) mass is 348 g/mol. The quantitative estimate of drug-likeness (QED) is 0.515. The van der Waals surface area contributed by atoms with Crippen molar-refractivity contribution in [2.45, 2.75) is 56.3 Å². The third kappa shape index (κ3) is 1.98. The van der Waals surface area contributed by atoms with E-state index in [1.165, 1.54) is 6.92 Å². The summed E-state index contributed by atoms with van der Waals surface area (Å²) in [5.41, 5.74) is -2.07. The van der Waals surface area contributed by atoms with E-state index in [1.807, 2.05) is 0 Å². The second-order valence-corrected chi connectivity index (χ2v) is 8.34. The van der Waals surface area contributed by atoms with Crippen molar-refractivity contribution in [2.24, 2.45) is 23.2 Å². The number of aliphatic hydroxyl groups excluding tert-OH is 1. The molecule has 3 saturated carbocycles. The van der Waals surface area contributed by atoms with Crippen molar-refractivity contribution in [1.29, 1.82) is 0 Å². The normalized spacial score (nSPS) is 50.3. The number of esters is 1. The number of hydrogen-bond acceptors (Lipinski definition) is 5. The summed E-state index contributed by atoms with van der Waals surface area (Å²) >= 11 is 0. The highest BCUT2D eigenvalue weighted by Gasteiger charge is 2.75. The second-order valence-electron chi connectivity index (χ2n) is 8.34. The molecule has 3 N–H and O–H groups in total. The molecule has 4 rings (SSSR count). The third-order valence-corrected chi connectivity index (χ3v) is 7.17. The molecule has 0 aliphatic heterocycles. The zero-order chi connectivity index (χ0) is 18.2. The lowest BCUT2D eigenvalue weighted by Crippen LogP contribution is -2.49. The molecule has 0 heterocycles. The van der Waals surface area contributed by atoms with Crippen LogP contribution in [0, 0.1) is 23.2 Å². The summed E-state index contributed by atoms with van der Waals surface area (Å²) in [6.45, 7) is 5.35. The zero-order valence-electron chi connectivity index (χ0n) is 14.3. The van der Waals surface area contributed by atoms with E-state index in [9.17, 15) is 24.9 Å². The van der Waals surface area contributed by atoms with Crippen LogP contribution in [-0.4, -0.2) is 44.6 Å². The van der Waals surface area contributed by atoms with E-state index in [-0.39, 0.29) is 12.3 Å². The topological polar surface area (TPSA) is 104 Å². The average molecular weight is 348 g/mol. The number of ether oxygens (including phenoxy) is 1. The highest BCUT2D eigenvalue weighted by Crippen LogP contribution is 2.73. The van der Waals surface area contributed by atoms with Crippen molar-refractivity contribution in [3.05, 3.63) is 24.3 Å². The SMILES string of the molecule is C=C1CC23CC1(O)CCC2C1(OC(C)=O)C=CC(O)CC1C3C(=O)O. The Morgan fingerprint density at radius 3 is 2.76 bits per heavy atom. The standard InChI is InChI=1S/C19H24O6/c1-10-8-17-9-18(10,24)5-4-14(17)19(25-11(2)20)6-3-12(21)7-13(19)15(17)16(22)23/h3,6,12-15,21,24H,1,4-5,7-9H2,2H3,(H,22,23). The Hall–Kier alpha value is -1.66. The van der Waals surface area contributed by atoms with Crippen molar-refractivity contribution < 1.29 is 29.6 Å². The first-order valence-corrected chi connectivity index (χ1v) is 8.85. The summed E-state index contributed by atoms with van der Waals surface area (Å²) in [6, 6.07) is 0. The number of hydrogen-bond donors (Lipinski definition) is 3. The van der Waals surface area contributed by atoms with Gasteiger partial charge in [-0.2, -0.15) is 0 Å². The Labute approximate surface area is 146 Å². The molecule has 1 spiro atoms. The first kappa shape index (κ1) is 16.8. The van der Waals surface area contributed by atoms with Gasteiger partial charge in [-0.15, -0.1) is 0 Å². The molecule has 6 heteroatoms. The minimum atomic E-state index is -1.03. The van der Waals surface area contributed by atoms with E-state index < -0.39 is 46.5 Å². The van der Waals surface area contributed by atoms with Gasteiger partial charge in [0.05, 0.1) is 17.6 Å². The van der Waals surface area contributed by atoms with Crippen molar-refractivity contribution in [1.82, 2.24) is 0 Å². The van der Waals surface area contributed by atoms with Crippen LogP contribution in [0.25, 0.3) is 0 Å². The van der Waals surface area contributed by atoms with Gasteiger partial charge in [-0.1, -0.05) is 12.7 Å². The van der Waals surface area contributed by atoms with Crippen molar-refractivity contribution in [3.8, 4) is 0 Å².